The minimum Gasteiger partial charge on any atom is -0.385 e. The van der Waals surface area contributed by atoms with Crippen molar-refractivity contribution in [2.75, 3.05) is 14.1 Å². The molecule has 0 bridgehead atoms. The molecule has 2 nitrogen and oxygen atoms in total. The van der Waals surface area contributed by atoms with Crippen LogP contribution >= 0.6 is 24.0 Å². The third kappa shape index (κ3) is 4.69. The van der Waals surface area contributed by atoms with E-state index in [-0.39, 0.29) is 0 Å². The van der Waals surface area contributed by atoms with E-state index in [1.807, 2.05) is 14.1 Å². The highest BCUT2D eigenvalue weighted by molar-refractivity contribution is 8.23. The standard InChI is InChI=1S/C5H12N2S2/c1-4(7(2)3)9-5(6)8/h4H,1-3H3,(H2,6,8). The number of hydrogen-bond donors (Lipinski definition) is 1. The van der Waals surface area contributed by atoms with Crippen LogP contribution in [0.3, 0.4) is 0 Å². The number of hydrogen-bond acceptors (Lipinski definition) is 3. The van der Waals surface area contributed by atoms with Crippen LogP contribution in [0.2, 0.25) is 0 Å². The lowest BCUT2D eigenvalue weighted by atomic mass is 10.7. The van der Waals surface area contributed by atoms with Gasteiger partial charge in [-0.2, -0.15) is 0 Å². The van der Waals surface area contributed by atoms with Crippen LogP contribution in [-0.4, -0.2) is 28.7 Å². The summed E-state index contributed by atoms with van der Waals surface area (Å²) in [5.41, 5.74) is 5.30. The Balaban J connectivity index is 3.50. The first-order valence-corrected chi connectivity index (χ1v) is 3.95. The lowest BCUT2D eigenvalue weighted by Crippen LogP contribution is -2.24. The molecular weight excluding hydrogens is 152 g/mol. The maximum Gasteiger partial charge on any atom is 0.132 e. The second-order valence-electron chi connectivity index (χ2n) is 2.00. The zero-order chi connectivity index (χ0) is 7.44. The number of rotatable bonds is 2. The summed E-state index contributed by atoms with van der Waals surface area (Å²) in [4.78, 5) is 2.06. The van der Waals surface area contributed by atoms with Gasteiger partial charge in [-0.1, -0.05) is 24.0 Å². The maximum atomic E-state index is 5.30. The number of nitrogens with two attached hydrogens (primary N) is 1. The lowest BCUT2D eigenvalue weighted by Gasteiger charge is -2.17. The summed E-state index contributed by atoms with van der Waals surface area (Å²) in [5, 5.41) is 0.377. The summed E-state index contributed by atoms with van der Waals surface area (Å²) in [6.07, 6.45) is 0. The average molecular weight is 164 g/mol. The van der Waals surface area contributed by atoms with Gasteiger partial charge in [0.15, 0.2) is 0 Å². The van der Waals surface area contributed by atoms with Crippen molar-refractivity contribution >= 4 is 28.3 Å². The smallest absolute Gasteiger partial charge is 0.132 e. The third-order valence-corrected chi connectivity index (χ3v) is 2.30. The van der Waals surface area contributed by atoms with Crippen molar-refractivity contribution in [1.82, 2.24) is 4.90 Å². The SMILES string of the molecule is CC(SC(N)=S)N(C)C. The fourth-order valence-electron chi connectivity index (χ4n) is 0.274. The predicted molar refractivity (Wildman–Crippen MR) is 47.5 cm³/mol. The van der Waals surface area contributed by atoms with E-state index in [0.29, 0.717) is 9.69 Å². The first kappa shape index (κ1) is 9.20. The Labute approximate surface area is 65.8 Å². The molecule has 0 spiro atoms. The molecule has 0 fully saturated rings. The van der Waals surface area contributed by atoms with Gasteiger partial charge in [0.05, 0.1) is 5.37 Å². The lowest BCUT2D eigenvalue weighted by molar-refractivity contribution is 0.403. The summed E-state index contributed by atoms with van der Waals surface area (Å²) in [5.74, 6) is 0. The van der Waals surface area contributed by atoms with Crippen molar-refractivity contribution in [2.45, 2.75) is 12.3 Å². The van der Waals surface area contributed by atoms with E-state index in [4.69, 9.17) is 18.0 Å². The molecule has 0 aliphatic heterocycles. The summed E-state index contributed by atoms with van der Waals surface area (Å²) < 4.78 is 0.510. The zero-order valence-corrected chi connectivity index (χ0v) is 7.55. The Hall–Kier alpha value is 0.200. The van der Waals surface area contributed by atoms with Crippen molar-refractivity contribution in [3.05, 3.63) is 0 Å². The van der Waals surface area contributed by atoms with Gasteiger partial charge in [-0.3, -0.25) is 4.90 Å². The molecule has 0 aromatic carbocycles. The molecule has 0 rings (SSSR count). The van der Waals surface area contributed by atoms with E-state index >= 15 is 0 Å². The molecule has 0 aliphatic rings. The molecule has 9 heavy (non-hydrogen) atoms. The molecule has 0 radical (unpaired) electrons. The van der Waals surface area contributed by atoms with Crippen molar-refractivity contribution in [3.63, 3.8) is 0 Å². The van der Waals surface area contributed by atoms with E-state index < -0.39 is 0 Å². The van der Waals surface area contributed by atoms with Gasteiger partial charge in [0.25, 0.3) is 0 Å². The van der Waals surface area contributed by atoms with E-state index in [0.717, 1.165) is 0 Å². The number of thioether (sulfide) groups is 1. The van der Waals surface area contributed by atoms with Gasteiger partial charge in [-0.15, -0.1) is 0 Å². The van der Waals surface area contributed by atoms with Crippen LogP contribution in [0.1, 0.15) is 6.92 Å². The molecule has 0 amide bonds. The van der Waals surface area contributed by atoms with Crippen LogP contribution in [0, 0.1) is 0 Å². The molecule has 0 aromatic heterocycles. The molecule has 0 heterocycles. The highest BCUT2D eigenvalue weighted by atomic mass is 32.2. The summed E-state index contributed by atoms with van der Waals surface area (Å²) in [7, 11) is 3.99. The Morgan fingerprint density at radius 1 is 1.67 bits per heavy atom. The zero-order valence-electron chi connectivity index (χ0n) is 5.92. The van der Waals surface area contributed by atoms with Crippen LogP contribution in [0.4, 0.5) is 0 Å². The molecule has 2 N–H and O–H groups in total. The first-order chi connectivity index (χ1) is 4.04. The highest BCUT2D eigenvalue weighted by Gasteiger charge is 2.04. The molecule has 0 saturated carbocycles. The molecular formula is C5H12N2S2. The van der Waals surface area contributed by atoms with Gasteiger partial charge in [0, 0.05) is 0 Å². The molecule has 1 atom stereocenters. The fourth-order valence-corrected chi connectivity index (χ4v) is 1.24. The second kappa shape index (κ2) is 4.09. The van der Waals surface area contributed by atoms with Crippen LogP contribution in [0.5, 0.6) is 0 Å². The molecule has 4 heteroatoms. The molecule has 0 aromatic rings. The highest BCUT2D eigenvalue weighted by Crippen LogP contribution is 2.10. The quantitative estimate of drug-likeness (QED) is 0.484. The Kier molecular flexibility index (Phi) is 4.18. The monoisotopic (exact) mass is 164 g/mol. The normalized spacial score (nSPS) is 13.8. The molecule has 54 valence electrons. The second-order valence-corrected chi connectivity index (χ2v) is 4.06. The van der Waals surface area contributed by atoms with Crippen molar-refractivity contribution in [3.8, 4) is 0 Å². The van der Waals surface area contributed by atoms with E-state index in [1.165, 1.54) is 11.8 Å². The third-order valence-electron chi connectivity index (χ3n) is 1.01. The van der Waals surface area contributed by atoms with E-state index in [1.54, 1.807) is 0 Å². The Morgan fingerprint density at radius 3 is 2.22 bits per heavy atom. The van der Waals surface area contributed by atoms with Crippen LogP contribution in [0.15, 0.2) is 0 Å². The van der Waals surface area contributed by atoms with Crippen LogP contribution in [0.25, 0.3) is 0 Å². The van der Waals surface area contributed by atoms with Gasteiger partial charge in [-0.05, 0) is 21.0 Å². The van der Waals surface area contributed by atoms with Crippen LogP contribution in [-0.2, 0) is 0 Å². The fraction of sp³-hybridized carbons (Fsp3) is 0.800. The Bertz CT molecular complexity index is 103. The van der Waals surface area contributed by atoms with Gasteiger partial charge in [-0.25, -0.2) is 0 Å². The van der Waals surface area contributed by atoms with Crippen molar-refractivity contribution < 1.29 is 0 Å². The summed E-state index contributed by atoms with van der Waals surface area (Å²) in [6, 6.07) is 0. The summed E-state index contributed by atoms with van der Waals surface area (Å²) >= 11 is 6.20. The molecule has 0 saturated heterocycles. The first-order valence-electron chi connectivity index (χ1n) is 2.66. The van der Waals surface area contributed by atoms with E-state index in [2.05, 4.69) is 11.8 Å². The minimum atomic E-state index is 0.377. The van der Waals surface area contributed by atoms with Gasteiger partial charge < -0.3 is 5.73 Å². The number of nitrogens with zero attached hydrogens (tertiary/aromatic N) is 1. The summed E-state index contributed by atoms with van der Waals surface area (Å²) in [6.45, 7) is 2.06. The van der Waals surface area contributed by atoms with Gasteiger partial charge >= 0.3 is 0 Å². The largest absolute Gasteiger partial charge is 0.385 e. The van der Waals surface area contributed by atoms with Gasteiger partial charge in [0.1, 0.15) is 4.32 Å². The van der Waals surface area contributed by atoms with E-state index in [9.17, 15) is 0 Å². The van der Waals surface area contributed by atoms with Crippen molar-refractivity contribution in [2.24, 2.45) is 5.73 Å². The molecule has 0 aliphatic carbocycles. The predicted octanol–water partition coefficient (Wildman–Crippen LogP) is 0.871. The Morgan fingerprint density at radius 2 is 2.11 bits per heavy atom. The average Bonchev–Trinajstić information content (AvgIpc) is 1.63. The maximum absolute atomic E-state index is 5.30. The number of thiocarbonyl (C=S) groups is 1. The van der Waals surface area contributed by atoms with Gasteiger partial charge in [0.2, 0.25) is 0 Å². The van der Waals surface area contributed by atoms with Crippen LogP contribution < -0.4 is 5.73 Å². The molecule has 1 unspecified atom stereocenters. The minimum absolute atomic E-state index is 0.377. The topological polar surface area (TPSA) is 29.3 Å². The van der Waals surface area contributed by atoms with Crippen molar-refractivity contribution in [1.29, 1.82) is 0 Å².